The van der Waals surface area contributed by atoms with Crippen LogP contribution in [0.2, 0.25) is 0 Å². The van der Waals surface area contributed by atoms with Gasteiger partial charge in [0.2, 0.25) is 10.0 Å². The van der Waals surface area contributed by atoms with Gasteiger partial charge in [-0.25, -0.2) is 22.3 Å². The van der Waals surface area contributed by atoms with Crippen LogP contribution in [0.1, 0.15) is 33.6 Å². The largest absolute Gasteiger partial charge is 0.493 e. The minimum atomic E-state index is -3.37. The molecule has 0 amide bonds. The van der Waals surface area contributed by atoms with Gasteiger partial charge in [0.25, 0.3) is 0 Å². The van der Waals surface area contributed by atoms with Crippen molar-refractivity contribution in [1.82, 2.24) is 4.31 Å². The number of nitrogens with zero attached hydrogens (tertiary/aromatic N) is 1. The molecule has 3 aromatic rings. The molecule has 0 spiro atoms. The molecule has 1 aromatic heterocycles. The number of carbonyl (C=O) groups is 2. The second kappa shape index (κ2) is 12.0. The Kier molecular flexibility index (Phi) is 8.70. The molecule has 0 bridgehead atoms. The molecule has 2 N–H and O–H groups in total. The van der Waals surface area contributed by atoms with Gasteiger partial charge in [0, 0.05) is 23.5 Å². The monoisotopic (exact) mass is 559 g/mol. The van der Waals surface area contributed by atoms with E-state index in [1.165, 1.54) is 0 Å². The summed E-state index contributed by atoms with van der Waals surface area (Å²) in [6, 6.07) is 16.4. The number of piperidine rings is 1. The quantitative estimate of drug-likeness (QED) is 0.351. The van der Waals surface area contributed by atoms with E-state index in [-0.39, 0.29) is 22.3 Å². The fourth-order valence-corrected chi connectivity index (χ4v) is 7.04. The van der Waals surface area contributed by atoms with Crippen molar-refractivity contribution < 1.29 is 37.7 Å². The van der Waals surface area contributed by atoms with E-state index in [0.717, 1.165) is 22.5 Å². The van der Waals surface area contributed by atoms with Crippen LogP contribution in [-0.2, 0) is 20.6 Å². The maximum Gasteiger partial charge on any atom is 0.349 e. The van der Waals surface area contributed by atoms with Crippen LogP contribution in [0.4, 0.5) is 0 Å². The van der Waals surface area contributed by atoms with Crippen LogP contribution in [0.15, 0.2) is 54.6 Å². The predicted molar refractivity (Wildman–Crippen MR) is 143 cm³/mol. The highest BCUT2D eigenvalue weighted by molar-refractivity contribution is 7.88. The molecule has 1 aliphatic rings. The SMILES string of the molecule is Cc1c(-c2cccc(OCC3CCN(S(=O)(=O)Cc4ccccc4)CC3)c2)sc(C(=O)O)c1OCC(=O)O. The van der Waals surface area contributed by atoms with Crippen molar-refractivity contribution in [1.29, 1.82) is 0 Å². The third-order valence-electron chi connectivity index (χ3n) is 6.37. The summed E-state index contributed by atoms with van der Waals surface area (Å²) < 4.78 is 38.5. The zero-order chi connectivity index (χ0) is 27.3. The number of thiophene rings is 1. The van der Waals surface area contributed by atoms with Gasteiger partial charge >= 0.3 is 11.9 Å². The third-order valence-corrected chi connectivity index (χ3v) is 9.53. The summed E-state index contributed by atoms with van der Waals surface area (Å²) in [7, 11) is -3.37. The lowest BCUT2D eigenvalue weighted by atomic mass is 9.99. The number of hydrogen-bond acceptors (Lipinski definition) is 7. The summed E-state index contributed by atoms with van der Waals surface area (Å²) in [6.45, 7) is 2.41. The van der Waals surface area contributed by atoms with E-state index >= 15 is 0 Å². The molecule has 9 nitrogen and oxygen atoms in total. The molecule has 0 radical (unpaired) electrons. The molecule has 1 aliphatic heterocycles. The van der Waals surface area contributed by atoms with Gasteiger partial charge in [-0.3, -0.25) is 0 Å². The summed E-state index contributed by atoms with van der Waals surface area (Å²) >= 11 is 1.02. The van der Waals surface area contributed by atoms with Crippen LogP contribution in [0.5, 0.6) is 11.5 Å². The second-order valence-electron chi connectivity index (χ2n) is 9.13. The van der Waals surface area contributed by atoms with Crippen LogP contribution < -0.4 is 9.47 Å². The number of aromatic carboxylic acids is 1. The molecular formula is C27H29NO8S2. The topological polar surface area (TPSA) is 130 Å². The Morgan fingerprint density at radius 2 is 1.74 bits per heavy atom. The summed E-state index contributed by atoms with van der Waals surface area (Å²) in [5.74, 6) is -1.51. The average molecular weight is 560 g/mol. The molecule has 11 heteroatoms. The highest BCUT2D eigenvalue weighted by Crippen LogP contribution is 2.42. The predicted octanol–water partition coefficient (Wildman–Crippen LogP) is 4.51. The number of aliphatic carboxylic acids is 1. The van der Waals surface area contributed by atoms with Crippen LogP contribution in [0.3, 0.4) is 0 Å². The number of hydrogen-bond donors (Lipinski definition) is 2. The fourth-order valence-electron chi connectivity index (χ4n) is 4.39. The molecule has 2 heterocycles. The zero-order valence-corrected chi connectivity index (χ0v) is 22.5. The second-order valence-corrected chi connectivity index (χ2v) is 12.1. The first-order valence-corrected chi connectivity index (χ1v) is 14.5. The molecule has 0 atom stereocenters. The Bertz CT molecular complexity index is 1390. The Balaban J connectivity index is 1.37. The van der Waals surface area contributed by atoms with E-state index in [1.807, 2.05) is 48.5 Å². The minimum absolute atomic E-state index is 0.00338. The maximum atomic E-state index is 12.8. The van der Waals surface area contributed by atoms with E-state index in [0.29, 0.717) is 48.7 Å². The number of benzene rings is 2. The molecule has 4 rings (SSSR count). The van der Waals surface area contributed by atoms with E-state index in [9.17, 15) is 23.1 Å². The molecule has 2 aromatic carbocycles. The van der Waals surface area contributed by atoms with Crippen molar-refractivity contribution in [3.05, 3.63) is 70.6 Å². The lowest BCUT2D eigenvalue weighted by Crippen LogP contribution is -2.40. The molecule has 202 valence electrons. The first kappa shape index (κ1) is 27.6. The van der Waals surface area contributed by atoms with Crippen LogP contribution in [0.25, 0.3) is 10.4 Å². The fraction of sp³-hybridized carbons (Fsp3) is 0.333. The van der Waals surface area contributed by atoms with E-state index in [2.05, 4.69) is 0 Å². The van der Waals surface area contributed by atoms with Gasteiger partial charge in [0.1, 0.15) is 11.5 Å². The van der Waals surface area contributed by atoms with Gasteiger partial charge < -0.3 is 19.7 Å². The van der Waals surface area contributed by atoms with Gasteiger partial charge in [0.15, 0.2) is 11.5 Å². The van der Waals surface area contributed by atoms with E-state index in [1.54, 1.807) is 17.3 Å². The zero-order valence-electron chi connectivity index (χ0n) is 20.8. The van der Waals surface area contributed by atoms with Crippen molar-refractivity contribution in [3.8, 4) is 21.9 Å². The summed E-state index contributed by atoms with van der Waals surface area (Å²) in [4.78, 5) is 23.2. The molecular weight excluding hydrogens is 530 g/mol. The average Bonchev–Trinajstić information content (AvgIpc) is 3.23. The standard InChI is InChI=1S/C27H29NO8S2/c1-18-24(36-16-23(29)30)26(27(31)32)37-25(18)21-8-5-9-22(14-21)35-15-19-10-12-28(13-11-19)38(33,34)17-20-6-3-2-4-7-20/h2-9,14,19H,10-13,15-17H2,1H3,(H,29,30)(H,31,32). The van der Waals surface area contributed by atoms with Crippen molar-refractivity contribution in [2.75, 3.05) is 26.3 Å². The summed E-state index contributed by atoms with van der Waals surface area (Å²) in [6.07, 6.45) is 1.40. The van der Waals surface area contributed by atoms with E-state index < -0.39 is 28.6 Å². The van der Waals surface area contributed by atoms with Crippen molar-refractivity contribution in [2.24, 2.45) is 5.92 Å². The summed E-state index contributed by atoms with van der Waals surface area (Å²) in [5.41, 5.74) is 2.06. The first-order valence-electron chi connectivity index (χ1n) is 12.1. The van der Waals surface area contributed by atoms with Gasteiger partial charge in [-0.15, -0.1) is 11.3 Å². The Labute approximate surface area is 225 Å². The molecule has 38 heavy (non-hydrogen) atoms. The first-order chi connectivity index (χ1) is 18.1. The van der Waals surface area contributed by atoms with Gasteiger partial charge in [-0.1, -0.05) is 42.5 Å². The lowest BCUT2D eigenvalue weighted by Gasteiger charge is -2.31. The Hall–Kier alpha value is -3.41. The van der Waals surface area contributed by atoms with Gasteiger partial charge in [0.05, 0.1) is 12.4 Å². The smallest absolute Gasteiger partial charge is 0.349 e. The molecule has 0 unspecified atom stereocenters. The van der Waals surface area contributed by atoms with Crippen molar-refractivity contribution >= 4 is 33.3 Å². The number of carboxylic acids is 2. The third kappa shape index (κ3) is 6.72. The van der Waals surface area contributed by atoms with Crippen molar-refractivity contribution in [2.45, 2.75) is 25.5 Å². The van der Waals surface area contributed by atoms with Gasteiger partial charge in [-0.05, 0) is 48.9 Å². The van der Waals surface area contributed by atoms with Crippen LogP contribution >= 0.6 is 11.3 Å². The van der Waals surface area contributed by atoms with Gasteiger partial charge in [-0.2, -0.15) is 0 Å². The molecule has 1 saturated heterocycles. The number of carboxylic acid groups (broad SMARTS) is 2. The number of rotatable bonds is 11. The van der Waals surface area contributed by atoms with Crippen molar-refractivity contribution in [3.63, 3.8) is 0 Å². The number of ether oxygens (including phenoxy) is 2. The Morgan fingerprint density at radius 3 is 2.39 bits per heavy atom. The highest BCUT2D eigenvalue weighted by Gasteiger charge is 2.28. The minimum Gasteiger partial charge on any atom is -0.493 e. The van der Waals surface area contributed by atoms with Crippen LogP contribution in [0, 0.1) is 12.8 Å². The number of sulfonamides is 1. The van der Waals surface area contributed by atoms with Crippen LogP contribution in [-0.4, -0.2) is 61.2 Å². The highest BCUT2D eigenvalue weighted by atomic mass is 32.2. The molecule has 0 aliphatic carbocycles. The Morgan fingerprint density at radius 1 is 1.03 bits per heavy atom. The van der Waals surface area contributed by atoms with E-state index in [4.69, 9.17) is 14.6 Å². The summed E-state index contributed by atoms with van der Waals surface area (Å²) in [5, 5.41) is 18.5. The normalized spacial score (nSPS) is 14.8. The molecule has 0 saturated carbocycles. The molecule has 1 fully saturated rings. The maximum absolute atomic E-state index is 12.8. The lowest BCUT2D eigenvalue weighted by molar-refractivity contribution is -0.139.